The summed E-state index contributed by atoms with van der Waals surface area (Å²) < 4.78 is 28.5. The van der Waals surface area contributed by atoms with E-state index in [1.54, 1.807) is 25.1 Å². The summed E-state index contributed by atoms with van der Waals surface area (Å²) in [7, 11) is -3.85. The molecule has 3 unspecified atom stereocenters. The summed E-state index contributed by atoms with van der Waals surface area (Å²) in [5.41, 5.74) is 8.90. The molecule has 4 N–H and O–H groups in total. The van der Waals surface area contributed by atoms with Gasteiger partial charge >= 0.3 is 0 Å². The summed E-state index contributed by atoms with van der Waals surface area (Å²) in [6, 6.07) is 14.3. The minimum Gasteiger partial charge on any atom is -0.326 e. The summed E-state index contributed by atoms with van der Waals surface area (Å²) in [5, 5.41) is 1.77. The van der Waals surface area contributed by atoms with Crippen LogP contribution in [-0.2, 0) is 14.8 Å². The molecule has 0 aliphatic carbocycles. The van der Waals surface area contributed by atoms with E-state index in [4.69, 9.17) is 0 Å². The lowest BCUT2D eigenvalue weighted by Gasteiger charge is -2.21. The van der Waals surface area contributed by atoms with E-state index in [-0.39, 0.29) is 11.9 Å². The smallest absolute Gasteiger partial charge is 0.250 e. The third-order valence-electron chi connectivity index (χ3n) is 5.09. The number of aryl methyl sites for hydroxylation is 1. The van der Waals surface area contributed by atoms with Crippen molar-refractivity contribution in [2.45, 2.75) is 45.0 Å². The van der Waals surface area contributed by atoms with Gasteiger partial charge in [0.15, 0.2) is 5.37 Å². The van der Waals surface area contributed by atoms with Crippen LogP contribution in [0.2, 0.25) is 0 Å². The number of hydrogen-bond donors (Lipinski definition) is 4. The van der Waals surface area contributed by atoms with E-state index >= 15 is 0 Å². The number of hydrazine groups is 1. The Labute approximate surface area is 172 Å². The van der Waals surface area contributed by atoms with E-state index in [1.807, 2.05) is 37.3 Å². The van der Waals surface area contributed by atoms with Gasteiger partial charge in [0.05, 0.1) is 5.92 Å². The molecule has 1 saturated heterocycles. The molecule has 29 heavy (non-hydrogen) atoms. The standard InChI is InChI=1S/C21H28N4O3S/c1-13(2)16-6-5-7-18(12-16)22-20(26)19-15(4)23-24-21(19)29(27,28)25-17-10-8-14(3)9-11-17/h5-13,15,19,21,23-25H,1-4H3,(H,22,26). The summed E-state index contributed by atoms with van der Waals surface area (Å²) >= 11 is 0. The topological polar surface area (TPSA) is 99.3 Å². The first-order valence-electron chi connectivity index (χ1n) is 9.67. The number of anilines is 2. The van der Waals surface area contributed by atoms with Gasteiger partial charge in [-0.1, -0.05) is 43.7 Å². The van der Waals surface area contributed by atoms with Crippen molar-refractivity contribution in [2.75, 3.05) is 10.0 Å². The number of sulfonamides is 1. The molecule has 1 aliphatic rings. The zero-order valence-corrected chi connectivity index (χ0v) is 17.9. The van der Waals surface area contributed by atoms with Crippen molar-refractivity contribution in [1.29, 1.82) is 0 Å². The molecule has 3 rings (SSSR count). The fraction of sp³-hybridized carbons (Fsp3) is 0.381. The number of rotatable bonds is 6. The maximum absolute atomic E-state index is 13.0. The molecule has 3 atom stereocenters. The van der Waals surface area contributed by atoms with Gasteiger partial charge in [0.2, 0.25) is 5.91 Å². The monoisotopic (exact) mass is 416 g/mol. The maximum Gasteiger partial charge on any atom is 0.250 e. The predicted molar refractivity (Wildman–Crippen MR) is 116 cm³/mol. The highest BCUT2D eigenvalue weighted by molar-refractivity contribution is 7.93. The van der Waals surface area contributed by atoms with Gasteiger partial charge in [0.1, 0.15) is 0 Å². The quantitative estimate of drug-likeness (QED) is 0.580. The number of nitrogens with one attached hydrogen (secondary N) is 4. The fourth-order valence-electron chi connectivity index (χ4n) is 3.34. The second-order valence-electron chi connectivity index (χ2n) is 7.81. The predicted octanol–water partition coefficient (Wildman–Crippen LogP) is 2.94. The average molecular weight is 417 g/mol. The van der Waals surface area contributed by atoms with Gasteiger partial charge in [-0.05, 0) is 49.6 Å². The minimum absolute atomic E-state index is 0.326. The van der Waals surface area contributed by atoms with Crippen LogP contribution in [0.15, 0.2) is 48.5 Å². The Hall–Kier alpha value is -2.42. The zero-order chi connectivity index (χ0) is 21.2. The molecular formula is C21H28N4O3S. The zero-order valence-electron chi connectivity index (χ0n) is 17.1. The third kappa shape index (κ3) is 4.95. The Morgan fingerprint density at radius 2 is 1.72 bits per heavy atom. The molecule has 1 amide bonds. The van der Waals surface area contributed by atoms with Crippen LogP contribution in [0, 0.1) is 12.8 Å². The van der Waals surface area contributed by atoms with Crippen molar-refractivity contribution in [1.82, 2.24) is 10.9 Å². The fourth-order valence-corrected chi connectivity index (χ4v) is 4.90. The molecule has 1 heterocycles. The lowest BCUT2D eigenvalue weighted by molar-refractivity contribution is -0.119. The van der Waals surface area contributed by atoms with E-state index in [0.717, 1.165) is 11.1 Å². The van der Waals surface area contributed by atoms with Gasteiger partial charge in [-0.2, -0.15) is 0 Å². The number of carbonyl (C=O) groups is 1. The number of carbonyl (C=O) groups excluding carboxylic acids is 1. The van der Waals surface area contributed by atoms with E-state index in [1.165, 1.54) is 0 Å². The Bertz CT molecular complexity index is 974. The first kappa shape index (κ1) is 21.3. The van der Waals surface area contributed by atoms with Crippen LogP contribution in [0.5, 0.6) is 0 Å². The maximum atomic E-state index is 13.0. The van der Waals surface area contributed by atoms with Crippen molar-refractivity contribution in [3.63, 3.8) is 0 Å². The molecule has 0 radical (unpaired) electrons. The molecule has 0 saturated carbocycles. The molecule has 0 aromatic heterocycles. The Kier molecular flexibility index (Phi) is 6.26. The second-order valence-corrected chi connectivity index (χ2v) is 9.61. The van der Waals surface area contributed by atoms with E-state index in [2.05, 4.69) is 34.7 Å². The molecule has 7 nitrogen and oxygen atoms in total. The van der Waals surface area contributed by atoms with Crippen LogP contribution >= 0.6 is 0 Å². The van der Waals surface area contributed by atoms with Crippen LogP contribution in [0.3, 0.4) is 0 Å². The minimum atomic E-state index is -3.85. The Balaban J connectivity index is 1.78. The van der Waals surface area contributed by atoms with Crippen LogP contribution in [0.25, 0.3) is 0 Å². The molecule has 0 bridgehead atoms. The highest BCUT2D eigenvalue weighted by Gasteiger charge is 2.46. The molecule has 1 aliphatic heterocycles. The summed E-state index contributed by atoms with van der Waals surface area (Å²) in [6.07, 6.45) is 0. The van der Waals surface area contributed by atoms with Crippen LogP contribution in [0.1, 0.15) is 37.8 Å². The molecule has 2 aromatic carbocycles. The van der Waals surface area contributed by atoms with Crippen molar-refractivity contribution in [3.05, 3.63) is 59.7 Å². The molecular weight excluding hydrogens is 388 g/mol. The van der Waals surface area contributed by atoms with E-state index in [9.17, 15) is 13.2 Å². The first-order valence-corrected chi connectivity index (χ1v) is 11.2. The Morgan fingerprint density at radius 1 is 1.03 bits per heavy atom. The number of amides is 1. The number of hydrogen-bond acceptors (Lipinski definition) is 5. The van der Waals surface area contributed by atoms with Gasteiger partial charge in [0, 0.05) is 17.4 Å². The van der Waals surface area contributed by atoms with E-state index < -0.39 is 21.3 Å². The van der Waals surface area contributed by atoms with Crippen LogP contribution in [-0.4, -0.2) is 25.7 Å². The van der Waals surface area contributed by atoms with Gasteiger partial charge < -0.3 is 5.32 Å². The SMILES string of the molecule is Cc1ccc(NS(=O)(=O)C2NNC(C)C2C(=O)Nc2cccc(C(C)C)c2)cc1. The van der Waals surface area contributed by atoms with Crippen molar-refractivity contribution < 1.29 is 13.2 Å². The van der Waals surface area contributed by atoms with Crippen LogP contribution in [0.4, 0.5) is 11.4 Å². The number of benzene rings is 2. The largest absolute Gasteiger partial charge is 0.326 e. The highest BCUT2D eigenvalue weighted by atomic mass is 32.2. The van der Waals surface area contributed by atoms with Crippen molar-refractivity contribution in [3.8, 4) is 0 Å². The van der Waals surface area contributed by atoms with E-state index in [0.29, 0.717) is 17.3 Å². The molecule has 2 aromatic rings. The van der Waals surface area contributed by atoms with Gasteiger partial charge in [-0.3, -0.25) is 14.9 Å². The highest BCUT2D eigenvalue weighted by Crippen LogP contribution is 2.25. The lowest BCUT2D eigenvalue weighted by Crippen LogP contribution is -2.45. The van der Waals surface area contributed by atoms with Gasteiger partial charge in [-0.25, -0.2) is 13.8 Å². The molecule has 156 valence electrons. The van der Waals surface area contributed by atoms with Gasteiger partial charge in [-0.15, -0.1) is 0 Å². The third-order valence-corrected chi connectivity index (χ3v) is 6.69. The molecule has 1 fully saturated rings. The molecule has 0 spiro atoms. The summed E-state index contributed by atoms with van der Waals surface area (Å²) in [4.78, 5) is 13.0. The lowest BCUT2D eigenvalue weighted by atomic mass is 10.0. The van der Waals surface area contributed by atoms with Crippen LogP contribution < -0.4 is 20.9 Å². The molecule has 8 heteroatoms. The normalized spacial score (nSPS) is 21.9. The average Bonchev–Trinajstić information content (AvgIpc) is 3.06. The first-order chi connectivity index (χ1) is 13.7. The second kappa shape index (κ2) is 8.52. The summed E-state index contributed by atoms with van der Waals surface area (Å²) in [6.45, 7) is 7.86. The van der Waals surface area contributed by atoms with Gasteiger partial charge in [0.25, 0.3) is 10.0 Å². The summed E-state index contributed by atoms with van der Waals surface area (Å²) in [5.74, 6) is -0.830. The Morgan fingerprint density at radius 3 is 2.38 bits per heavy atom. The van der Waals surface area contributed by atoms with Crippen molar-refractivity contribution in [2.24, 2.45) is 5.92 Å². The van der Waals surface area contributed by atoms with Crippen molar-refractivity contribution >= 4 is 27.3 Å².